The largest absolute Gasteiger partial charge is 0.347 e. The van der Waals surface area contributed by atoms with Gasteiger partial charge < -0.3 is 19.3 Å². The molecule has 3 aliphatic heterocycles. The molecule has 5 nitrogen and oxygen atoms in total. The lowest BCUT2D eigenvalue weighted by Crippen LogP contribution is -2.48. The molecule has 0 bridgehead atoms. The summed E-state index contributed by atoms with van der Waals surface area (Å²) in [7, 11) is 0. The number of amides is 1. The fourth-order valence-electron chi connectivity index (χ4n) is 3.78. The Kier molecular flexibility index (Phi) is 4.82. The predicted octanol–water partition coefficient (Wildman–Crippen LogP) is 1.47. The molecule has 3 rings (SSSR count). The first kappa shape index (κ1) is 15.3. The topological polar surface area (TPSA) is 42.0 Å². The van der Waals surface area contributed by atoms with Gasteiger partial charge in [-0.1, -0.05) is 6.92 Å². The zero-order valence-corrected chi connectivity index (χ0v) is 13.2. The first-order valence-electron chi connectivity index (χ1n) is 8.45. The van der Waals surface area contributed by atoms with E-state index in [0.717, 1.165) is 51.5 Å². The van der Waals surface area contributed by atoms with E-state index >= 15 is 0 Å². The molecule has 120 valence electrons. The number of piperidine rings is 2. The average Bonchev–Trinajstić information content (AvgIpc) is 2.94. The number of carbonyl (C=O) groups excluding carboxylic acids is 1. The van der Waals surface area contributed by atoms with Crippen LogP contribution in [0.2, 0.25) is 0 Å². The van der Waals surface area contributed by atoms with Crippen LogP contribution in [0, 0.1) is 5.92 Å². The maximum absolute atomic E-state index is 12.3. The number of hydrogen-bond acceptors (Lipinski definition) is 4. The molecule has 5 heteroatoms. The van der Waals surface area contributed by atoms with Crippen LogP contribution in [0.5, 0.6) is 0 Å². The van der Waals surface area contributed by atoms with Crippen molar-refractivity contribution in [3.05, 3.63) is 0 Å². The molecule has 3 fully saturated rings. The maximum Gasteiger partial charge on any atom is 0.223 e. The lowest BCUT2D eigenvalue weighted by atomic mass is 10.00. The molecule has 0 aromatic heterocycles. The van der Waals surface area contributed by atoms with E-state index < -0.39 is 0 Å². The van der Waals surface area contributed by atoms with Crippen LogP contribution in [-0.4, -0.2) is 67.4 Å². The van der Waals surface area contributed by atoms with Gasteiger partial charge in [-0.25, -0.2) is 0 Å². The Morgan fingerprint density at radius 2 is 1.90 bits per heavy atom. The highest BCUT2D eigenvalue weighted by atomic mass is 16.7. The number of likely N-dealkylation sites (tertiary alicyclic amines) is 2. The predicted molar refractivity (Wildman–Crippen MR) is 79.9 cm³/mol. The third-order valence-electron chi connectivity index (χ3n) is 5.07. The van der Waals surface area contributed by atoms with E-state index in [1.807, 2.05) is 4.90 Å². The van der Waals surface area contributed by atoms with Crippen LogP contribution in [0.4, 0.5) is 0 Å². The molecule has 0 aliphatic carbocycles. The highest BCUT2D eigenvalue weighted by Crippen LogP contribution is 2.31. The van der Waals surface area contributed by atoms with Crippen molar-refractivity contribution in [2.24, 2.45) is 5.92 Å². The number of rotatable bonds is 3. The normalized spacial score (nSPS) is 30.0. The second-order valence-electron chi connectivity index (χ2n) is 6.79. The molecule has 1 amide bonds. The first-order chi connectivity index (χ1) is 10.2. The van der Waals surface area contributed by atoms with E-state index in [4.69, 9.17) is 9.47 Å². The van der Waals surface area contributed by atoms with Crippen LogP contribution >= 0.6 is 0 Å². The zero-order valence-electron chi connectivity index (χ0n) is 13.2. The van der Waals surface area contributed by atoms with Gasteiger partial charge in [0, 0.05) is 45.4 Å². The lowest BCUT2D eigenvalue weighted by molar-refractivity contribution is -0.187. The minimum Gasteiger partial charge on any atom is -0.347 e. The van der Waals surface area contributed by atoms with Crippen molar-refractivity contribution in [3.63, 3.8) is 0 Å². The Morgan fingerprint density at radius 1 is 1.19 bits per heavy atom. The summed E-state index contributed by atoms with van der Waals surface area (Å²) in [6.45, 7) is 8.46. The van der Waals surface area contributed by atoms with Crippen LogP contribution in [0.3, 0.4) is 0 Å². The second-order valence-corrected chi connectivity index (χ2v) is 6.79. The maximum atomic E-state index is 12.3. The van der Waals surface area contributed by atoms with Gasteiger partial charge in [0.25, 0.3) is 0 Å². The molecular formula is C16H28N2O3. The van der Waals surface area contributed by atoms with Crippen molar-refractivity contribution in [2.45, 2.75) is 44.8 Å². The smallest absolute Gasteiger partial charge is 0.223 e. The number of hydrogen-bond donors (Lipinski definition) is 0. The number of carbonyl (C=O) groups is 1. The van der Waals surface area contributed by atoms with E-state index in [1.54, 1.807) is 0 Å². The lowest BCUT2D eigenvalue weighted by Gasteiger charge is -2.38. The third kappa shape index (κ3) is 3.76. The highest BCUT2D eigenvalue weighted by Gasteiger charge is 2.40. The fourth-order valence-corrected chi connectivity index (χ4v) is 3.78. The summed E-state index contributed by atoms with van der Waals surface area (Å²) >= 11 is 0. The summed E-state index contributed by atoms with van der Waals surface area (Å²) in [4.78, 5) is 16.8. The molecule has 21 heavy (non-hydrogen) atoms. The van der Waals surface area contributed by atoms with E-state index in [-0.39, 0.29) is 5.79 Å². The summed E-state index contributed by atoms with van der Waals surface area (Å²) in [5.74, 6) is 0.695. The Hall–Kier alpha value is -0.650. The molecule has 0 N–H and O–H groups in total. The zero-order chi connectivity index (χ0) is 14.7. The highest BCUT2D eigenvalue weighted by molar-refractivity contribution is 5.76. The molecule has 0 aromatic rings. The van der Waals surface area contributed by atoms with Crippen molar-refractivity contribution >= 4 is 5.91 Å². The van der Waals surface area contributed by atoms with E-state index in [0.29, 0.717) is 25.5 Å². The molecule has 3 heterocycles. The minimum atomic E-state index is -0.376. The first-order valence-corrected chi connectivity index (χ1v) is 8.45. The fraction of sp³-hybridized carbons (Fsp3) is 0.938. The Balaban J connectivity index is 1.40. The van der Waals surface area contributed by atoms with E-state index in [9.17, 15) is 4.79 Å². The summed E-state index contributed by atoms with van der Waals surface area (Å²) in [6.07, 6.45) is 4.90. The van der Waals surface area contributed by atoms with Crippen LogP contribution in [0.1, 0.15) is 39.0 Å². The molecule has 0 radical (unpaired) electrons. The van der Waals surface area contributed by atoms with E-state index in [2.05, 4.69) is 11.8 Å². The van der Waals surface area contributed by atoms with Gasteiger partial charge in [0.2, 0.25) is 5.91 Å². The molecule has 0 aromatic carbocycles. The van der Waals surface area contributed by atoms with Crippen molar-refractivity contribution < 1.29 is 14.3 Å². The van der Waals surface area contributed by atoms with Crippen molar-refractivity contribution in [1.82, 2.24) is 9.80 Å². The van der Waals surface area contributed by atoms with Gasteiger partial charge in [-0.15, -0.1) is 0 Å². The summed E-state index contributed by atoms with van der Waals surface area (Å²) in [5.41, 5.74) is 0. The Labute approximate surface area is 127 Å². The van der Waals surface area contributed by atoms with Crippen molar-refractivity contribution in [1.29, 1.82) is 0 Å². The molecular weight excluding hydrogens is 268 g/mol. The monoisotopic (exact) mass is 296 g/mol. The third-order valence-corrected chi connectivity index (χ3v) is 5.07. The molecule has 0 saturated carbocycles. The molecule has 3 saturated heterocycles. The summed E-state index contributed by atoms with van der Waals surface area (Å²) in [6, 6.07) is 0. The van der Waals surface area contributed by atoms with Crippen LogP contribution < -0.4 is 0 Å². The standard InChI is InChI=1S/C16H28N2O3/c1-14-3-2-7-17(13-14)8-4-15(19)18-9-5-16(6-10-18)20-11-12-21-16/h14H,2-13H2,1H3. The van der Waals surface area contributed by atoms with Gasteiger partial charge in [-0.05, 0) is 25.3 Å². The molecule has 1 unspecified atom stereocenters. The number of nitrogens with zero attached hydrogens (tertiary/aromatic N) is 2. The number of ether oxygens (including phenoxy) is 2. The summed E-state index contributed by atoms with van der Waals surface area (Å²) < 4.78 is 11.4. The molecule has 3 aliphatic rings. The second kappa shape index (κ2) is 6.63. The Bertz CT molecular complexity index is 359. The molecule has 1 atom stereocenters. The SMILES string of the molecule is CC1CCCN(CCC(=O)N2CCC3(CC2)OCCO3)C1. The van der Waals surface area contributed by atoms with Gasteiger partial charge in [0.1, 0.15) is 0 Å². The summed E-state index contributed by atoms with van der Waals surface area (Å²) in [5, 5.41) is 0. The van der Waals surface area contributed by atoms with Gasteiger partial charge in [-0.2, -0.15) is 0 Å². The minimum absolute atomic E-state index is 0.293. The quantitative estimate of drug-likeness (QED) is 0.791. The average molecular weight is 296 g/mol. The van der Waals surface area contributed by atoms with E-state index in [1.165, 1.54) is 12.8 Å². The van der Waals surface area contributed by atoms with Crippen LogP contribution in [0.15, 0.2) is 0 Å². The van der Waals surface area contributed by atoms with Gasteiger partial charge in [0.15, 0.2) is 5.79 Å². The Morgan fingerprint density at radius 3 is 2.57 bits per heavy atom. The van der Waals surface area contributed by atoms with Gasteiger partial charge in [-0.3, -0.25) is 4.79 Å². The van der Waals surface area contributed by atoms with Gasteiger partial charge >= 0.3 is 0 Å². The molecule has 1 spiro atoms. The van der Waals surface area contributed by atoms with Gasteiger partial charge in [0.05, 0.1) is 13.2 Å². The van der Waals surface area contributed by atoms with Crippen LogP contribution in [0.25, 0.3) is 0 Å². The van der Waals surface area contributed by atoms with Crippen molar-refractivity contribution in [2.75, 3.05) is 45.9 Å². The van der Waals surface area contributed by atoms with Crippen LogP contribution in [-0.2, 0) is 14.3 Å². The van der Waals surface area contributed by atoms with Crippen molar-refractivity contribution in [3.8, 4) is 0 Å².